The number of benzene rings is 1. The first-order valence-electron chi connectivity index (χ1n) is 8.70. The van der Waals surface area contributed by atoms with Crippen molar-refractivity contribution in [1.29, 1.82) is 0 Å². The standard InChI is InChI=1S/C18H25N3O5/c1-12-4-6-13(7-5-12)19-17(22)11-26-18(23)15-10-14(21(24)25)8-9-16(15)20(2)3/h8-10,12-13H,4-7,11H2,1-3H3,(H,19,22). The second-order valence-corrected chi connectivity index (χ2v) is 6.95. The number of ether oxygens (including phenoxy) is 1. The van der Waals surface area contributed by atoms with Crippen LogP contribution in [-0.2, 0) is 9.53 Å². The van der Waals surface area contributed by atoms with E-state index in [0.717, 1.165) is 31.7 Å². The predicted molar refractivity (Wildman–Crippen MR) is 97.3 cm³/mol. The number of hydrogen-bond acceptors (Lipinski definition) is 6. The lowest BCUT2D eigenvalue weighted by Gasteiger charge is -2.26. The number of nitro groups is 1. The molecule has 8 nitrogen and oxygen atoms in total. The Morgan fingerprint density at radius 2 is 1.92 bits per heavy atom. The number of nitrogens with one attached hydrogen (secondary N) is 1. The van der Waals surface area contributed by atoms with Crippen LogP contribution in [0.1, 0.15) is 43.0 Å². The Hall–Kier alpha value is -2.64. The van der Waals surface area contributed by atoms with Crippen LogP contribution in [0.3, 0.4) is 0 Å². The summed E-state index contributed by atoms with van der Waals surface area (Å²) >= 11 is 0. The fraction of sp³-hybridized carbons (Fsp3) is 0.556. The zero-order valence-electron chi connectivity index (χ0n) is 15.4. The van der Waals surface area contributed by atoms with Crippen molar-refractivity contribution >= 4 is 23.3 Å². The van der Waals surface area contributed by atoms with E-state index < -0.39 is 17.5 Å². The van der Waals surface area contributed by atoms with Crippen LogP contribution in [0.15, 0.2) is 18.2 Å². The van der Waals surface area contributed by atoms with Gasteiger partial charge in [-0.25, -0.2) is 4.79 Å². The lowest BCUT2D eigenvalue weighted by Crippen LogP contribution is -2.39. The SMILES string of the molecule is CC1CCC(NC(=O)COC(=O)c2cc([N+](=O)[O-])ccc2N(C)C)CC1. The van der Waals surface area contributed by atoms with Crippen LogP contribution in [0, 0.1) is 16.0 Å². The molecule has 1 aromatic carbocycles. The largest absolute Gasteiger partial charge is 0.452 e. The fourth-order valence-corrected chi connectivity index (χ4v) is 3.07. The van der Waals surface area contributed by atoms with Gasteiger partial charge < -0.3 is 15.0 Å². The van der Waals surface area contributed by atoms with E-state index in [9.17, 15) is 19.7 Å². The first-order chi connectivity index (χ1) is 12.3. The highest BCUT2D eigenvalue weighted by Gasteiger charge is 2.22. The van der Waals surface area contributed by atoms with E-state index in [4.69, 9.17) is 4.74 Å². The lowest BCUT2D eigenvalue weighted by molar-refractivity contribution is -0.384. The molecule has 1 fully saturated rings. The maximum Gasteiger partial charge on any atom is 0.341 e. The molecule has 1 saturated carbocycles. The minimum absolute atomic E-state index is 0.0588. The number of anilines is 1. The summed E-state index contributed by atoms with van der Waals surface area (Å²) in [7, 11) is 3.43. The van der Waals surface area contributed by atoms with Crippen LogP contribution in [0.5, 0.6) is 0 Å². The summed E-state index contributed by atoms with van der Waals surface area (Å²) in [5, 5.41) is 13.8. The van der Waals surface area contributed by atoms with Crippen LogP contribution in [0.25, 0.3) is 0 Å². The van der Waals surface area contributed by atoms with Gasteiger partial charge in [0.1, 0.15) is 0 Å². The average molecular weight is 363 g/mol. The third kappa shape index (κ3) is 5.18. The Kier molecular flexibility index (Phi) is 6.54. The third-order valence-electron chi connectivity index (χ3n) is 4.61. The molecule has 8 heteroatoms. The van der Waals surface area contributed by atoms with Gasteiger partial charge in [0.05, 0.1) is 16.2 Å². The van der Waals surface area contributed by atoms with Crippen molar-refractivity contribution in [2.24, 2.45) is 5.92 Å². The third-order valence-corrected chi connectivity index (χ3v) is 4.61. The van der Waals surface area contributed by atoms with Gasteiger partial charge in [-0.3, -0.25) is 14.9 Å². The number of nitrogens with zero attached hydrogens (tertiary/aromatic N) is 2. The Morgan fingerprint density at radius 3 is 2.50 bits per heavy atom. The van der Waals surface area contributed by atoms with E-state index in [1.54, 1.807) is 19.0 Å². The van der Waals surface area contributed by atoms with Gasteiger partial charge in [0, 0.05) is 32.3 Å². The van der Waals surface area contributed by atoms with Gasteiger partial charge >= 0.3 is 5.97 Å². The molecule has 0 heterocycles. The number of amides is 1. The van der Waals surface area contributed by atoms with Gasteiger partial charge in [0.2, 0.25) is 0 Å². The summed E-state index contributed by atoms with van der Waals surface area (Å²) in [6, 6.07) is 4.09. The minimum atomic E-state index is -0.759. The van der Waals surface area contributed by atoms with E-state index >= 15 is 0 Å². The van der Waals surface area contributed by atoms with Crippen molar-refractivity contribution in [2.45, 2.75) is 38.6 Å². The second-order valence-electron chi connectivity index (χ2n) is 6.95. The monoisotopic (exact) mass is 363 g/mol. The Balaban J connectivity index is 1.97. The Labute approximate surface area is 152 Å². The zero-order valence-corrected chi connectivity index (χ0v) is 15.4. The second kappa shape index (κ2) is 8.64. The van der Waals surface area contributed by atoms with Gasteiger partial charge in [-0.2, -0.15) is 0 Å². The summed E-state index contributed by atoms with van der Waals surface area (Å²) in [5.74, 6) is -0.432. The van der Waals surface area contributed by atoms with E-state index in [1.807, 2.05) is 0 Å². The highest BCUT2D eigenvalue weighted by Crippen LogP contribution is 2.25. The Morgan fingerprint density at radius 1 is 1.27 bits per heavy atom. The highest BCUT2D eigenvalue weighted by atomic mass is 16.6. The summed E-state index contributed by atoms with van der Waals surface area (Å²) in [6.07, 6.45) is 4.00. The van der Waals surface area contributed by atoms with E-state index in [0.29, 0.717) is 11.6 Å². The molecular weight excluding hydrogens is 338 g/mol. The van der Waals surface area contributed by atoms with Crippen molar-refractivity contribution in [1.82, 2.24) is 5.32 Å². The van der Waals surface area contributed by atoms with Crippen molar-refractivity contribution in [3.05, 3.63) is 33.9 Å². The van der Waals surface area contributed by atoms with Crippen LogP contribution in [0.4, 0.5) is 11.4 Å². The molecule has 26 heavy (non-hydrogen) atoms. The van der Waals surface area contributed by atoms with Gasteiger partial charge in [0.15, 0.2) is 6.61 Å². The molecule has 0 saturated heterocycles. The molecule has 0 radical (unpaired) electrons. The minimum Gasteiger partial charge on any atom is -0.452 e. The van der Waals surface area contributed by atoms with Gasteiger partial charge in [-0.05, 0) is 37.7 Å². The highest BCUT2D eigenvalue weighted by molar-refractivity contribution is 5.97. The average Bonchev–Trinajstić information content (AvgIpc) is 2.61. The number of esters is 1. The van der Waals surface area contributed by atoms with E-state index in [2.05, 4.69) is 12.2 Å². The summed E-state index contributed by atoms with van der Waals surface area (Å²) < 4.78 is 5.08. The molecule has 1 amide bonds. The van der Waals surface area contributed by atoms with E-state index in [1.165, 1.54) is 12.1 Å². The molecule has 1 aromatic rings. The summed E-state index contributed by atoms with van der Waals surface area (Å²) in [6.45, 7) is 1.79. The zero-order chi connectivity index (χ0) is 19.3. The fourth-order valence-electron chi connectivity index (χ4n) is 3.07. The molecule has 0 spiro atoms. The smallest absolute Gasteiger partial charge is 0.341 e. The summed E-state index contributed by atoms with van der Waals surface area (Å²) in [4.78, 5) is 36.4. The quantitative estimate of drug-likeness (QED) is 0.473. The number of rotatable bonds is 6. The molecule has 0 unspecified atom stereocenters. The molecular formula is C18H25N3O5. The van der Waals surface area contributed by atoms with Gasteiger partial charge in [-0.1, -0.05) is 6.92 Å². The first-order valence-corrected chi connectivity index (χ1v) is 8.70. The van der Waals surface area contributed by atoms with Gasteiger partial charge in [0.25, 0.3) is 11.6 Å². The predicted octanol–water partition coefficient (Wildman–Crippen LogP) is 2.51. The molecule has 0 atom stereocenters. The molecule has 2 rings (SSSR count). The van der Waals surface area contributed by atoms with Crippen molar-refractivity contribution < 1.29 is 19.2 Å². The van der Waals surface area contributed by atoms with E-state index in [-0.39, 0.29) is 23.2 Å². The maximum absolute atomic E-state index is 12.3. The normalized spacial score (nSPS) is 19.5. The van der Waals surface area contributed by atoms with Crippen LogP contribution in [-0.4, -0.2) is 43.5 Å². The number of carbonyl (C=O) groups excluding carboxylic acids is 2. The van der Waals surface area contributed by atoms with Crippen molar-refractivity contribution in [2.75, 3.05) is 25.6 Å². The number of hydrogen-bond donors (Lipinski definition) is 1. The molecule has 0 aliphatic heterocycles. The molecule has 0 aromatic heterocycles. The number of nitro benzene ring substituents is 1. The van der Waals surface area contributed by atoms with Crippen molar-refractivity contribution in [3.63, 3.8) is 0 Å². The van der Waals surface area contributed by atoms with Crippen molar-refractivity contribution in [3.8, 4) is 0 Å². The first kappa shape index (κ1) is 19.7. The maximum atomic E-state index is 12.3. The van der Waals surface area contributed by atoms with Crippen LogP contribution in [0.2, 0.25) is 0 Å². The molecule has 0 bridgehead atoms. The molecule has 1 aliphatic rings. The van der Waals surface area contributed by atoms with Gasteiger partial charge in [-0.15, -0.1) is 0 Å². The van der Waals surface area contributed by atoms with Crippen LogP contribution >= 0.6 is 0 Å². The van der Waals surface area contributed by atoms with Crippen LogP contribution < -0.4 is 10.2 Å². The number of non-ortho nitro benzene ring substituents is 1. The summed E-state index contributed by atoms with van der Waals surface area (Å²) in [5.41, 5.74) is 0.342. The lowest BCUT2D eigenvalue weighted by atomic mass is 9.87. The number of carbonyl (C=O) groups is 2. The molecule has 142 valence electrons. The topological polar surface area (TPSA) is 102 Å². The molecule has 1 aliphatic carbocycles. The Bertz CT molecular complexity index is 681. The molecule has 1 N–H and O–H groups in total.